The Morgan fingerprint density at radius 1 is 1.33 bits per heavy atom. The first-order valence-electron chi connectivity index (χ1n) is 6.13. The summed E-state index contributed by atoms with van der Waals surface area (Å²) < 4.78 is 5.05. The molecule has 1 amide bonds. The first kappa shape index (κ1) is 12.7. The molecule has 1 N–H and O–H groups in total. The molecule has 1 heterocycles. The van der Waals surface area contributed by atoms with E-state index in [4.69, 9.17) is 4.42 Å². The molecule has 0 atom stereocenters. The Labute approximate surface area is 105 Å². The fourth-order valence-corrected chi connectivity index (χ4v) is 2.59. The van der Waals surface area contributed by atoms with Crippen molar-refractivity contribution in [3.05, 3.63) is 24.2 Å². The highest BCUT2D eigenvalue weighted by Crippen LogP contribution is 2.34. The maximum absolute atomic E-state index is 12.2. The number of amides is 1. The fraction of sp³-hybridized carbons (Fsp3) is 0.538. The van der Waals surface area contributed by atoms with Crippen LogP contribution >= 0.6 is 0 Å². The third-order valence-corrected chi connectivity index (χ3v) is 3.76. The van der Waals surface area contributed by atoms with Crippen LogP contribution in [0.25, 0.3) is 0 Å². The van der Waals surface area contributed by atoms with Crippen LogP contribution in [0.2, 0.25) is 0 Å². The van der Waals surface area contributed by atoms with Crippen LogP contribution in [0, 0.1) is 0 Å². The number of carbonyl (C=O) groups excluding carboxylic acids is 1. The number of likely N-dealkylation sites (N-methyl/N-ethyl adjacent to an activating group) is 1. The van der Waals surface area contributed by atoms with Crippen LogP contribution in [0.3, 0.4) is 0 Å². The van der Waals surface area contributed by atoms with E-state index in [2.05, 4.69) is 0 Å². The minimum atomic E-state index is -1.08. The first-order valence-corrected chi connectivity index (χ1v) is 6.13. The molecular weight excluding hydrogens is 234 g/mol. The van der Waals surface area contributed by atoms with E-state index in [0.717, 1.165) is 19.3 Å². The molecule has 0 aliphatic heterocycles. The second-order valence-electron chi connectivity index (χ2n) is 4.74. The van der Waals surface area contributed by atoms with Gasteiger partial charge in [-0.2, -0.15) is 0 Å². The van der Waals surface area contributed by atoms with E-state index in [-0.39, 0.29) is 11.7 Å². The van der Waals surface area contributed by atoms with Gasteiger partial charge in [-0.25, -0.2) is 4.79 Å². The summed E-state index contributed by atoms with van der Waals surface area (Å²) in [7, 11) is 1.55. The van der Waals surface area contributed by atoms with Gasteiger partial charge in [-0.3, -0.25) is 4.79 Å². The summed E-state index contributed by atoms with van der Waals surface area (Å²) >= 11 is 0. The molecule has 5 heteroatoms. The first-order chi connectivity index (χ1) is 8.58. The number of nitrogens with zero attached hydrogens (tertiary/aromatic N) is 1. The minimum Gasteiger partial charge on any atom is -0.479 e. The second kappa shape index (κ2) is 4.84. The van der Waals surface area contributed by atoms with Crippen LogP contribution < -0.4 is 0 Å². The van der Waals surface area contributed by atoms with Crippen molar-refractivity contribution < 1.29 is 19.1 Å². The maximum Gasteiger partial charge on any atom is 0.329 e. The van der Waals surface area contributed by atoms with Gasteiger partial charge in [0.05, 0.1) is 6.26 Å². The zero-order valence-electron chi connectivity index (χ0n) is 10.4. The van der Waals surface area contributed by atoms with Crippen molar-refractivity contribution in [1.29, 1.82) is 0 Å². The molecule has 0 bridgehead atoms. The Balaban J connectivity index is 2.26. The lowest BCUT2D eigenvalue weighted by molar-refractivity contribution is -0.151. The normalized spacial score (nSPS) is 18.3. The predicted octanol–water partition coefficient (Wildman–Crippen LogP) is 2.14. The molecule has 0 radical (unpaired) electrons. The number of hydrogen-bond donors (Lipinski definition) is 1. The van der Waals surface area contributed by atoms with Gasteiger partial charge in [-0.1, -0.05) is 19.3 Å². The third kappa shape index (κ3) is 2.00. The molecular formula is C13H17NO4. The smallest absolute Gasteiger partial charge is 0.329 e. The summed E-state index contributed by atoms with van der Waals surface area (Å²) in [6.45, 7) is 0. The van der Waals surface area contributed by atoms with Gasteiger partial charge < -0.3 is 14.4 Å². The number of aliphatic carboxylic acids is 1. The highest BCUT2D eigenvalue weighted by atomic mass is 16.4. The largest absolute Gasteiger partial charge is 0.479 e. The summed E-state index contributed by atoms with van der Waals surface area (Å²) in [5.41, 5.74) is -1.08. The lowest BCUT2D eigenvalue weighted by atomic mass is 9.80. The van der Waals surface area contributed by atoms with Crippen LogP contribution in [0.1, 0.15) is 42.7 Å². The average molecular weight is 251 g/mol. The molecule has 98 valence electrons. The maximum atomic E-state index is 12.2. The fourth-order valence-electron chi connectivity index (χ4n) is 2.59. The summed E-state index contributed by atoms with van der Waals surface area (Å²) in [5.74, 6) is -1.11. The summed E-state index contributed by atoms with van der Waals surface area (Å²) in [4.78, 5) is 25.1. The van der Waals surface area contributed by atoms with Crippen LogP contribution in [0.5, 0.6) is 0 Å². The van der Waals surface area contributed by atoms with Crippen molar-refractivity contribution in [2.75, 3.05) is 7.05 Å². The lowest BCUT2D eigenvalue weighted by Gasteiger charge is -2.40. The molecule has 0 spiro atoms. The van der Waals surface area contributed by atoms with E-state index in [9.17, 15) is 14.7 Å². The van der Waals surface area contributed by atoms with Crippen molar-refractivity contribution in [3.63, 3.8) is 0 Å². The topological polar surface area (TPSA) is 70.8 Å². The zero-order valence-corrected chi connectivity index (χ0v) is 10.4. The average Bonchev–Trinajstić information content (AvgIpc) is 2.91. The van der Waals surface area contributed by atoms with E-state index >= 15 is 0 Å². The number of carbonyl (C=O) groups is 2. The van der Waals surface area contributed by atoms with E-state index in [1.54, 1.807) is 19.2 Å². The van der Waals surface area contributed by atoms with Gasteiger partial charge >= 0.3 is 5.97 Å². The monoisotopic (exact) mass is 251 g/mol. The molecule has 1 aliphatic rings. The van der Waals surface area contributed by atoms with Crippen molar-refractivity contribution in [2.45, 2.75) is 37.6 Å². The van der Waals surface area contributed by atoms with Crippen LogP contribution in [0.4, 0.5) is 0 Å². The molecule has 1 saturated carbocycles. The number of hydrogen-bond acceptors (Lipinski definition) is 3. The van der Waals surface area contributed by atoms with Crippen LogP contribution in [-0.2, 0) is 4.79 Å². The quantitative estimate of drug-likeness (QED) is 0.893. The van der Waals surface area contributed by atoms with Crippen LogP contribution in [-0.4, -0.2) is 34.5 Å². The van der Waals surface area contributed by atoms with Gasteiger partial charge in [0.1, 0.15) is 5.54 Å². The van der Waals surface area contributed by atoms with E-state index in [1.165, 1.54) is 11.2 Å². The Morgan fingerprint density at radius 3 is 2.50 bits per heavy atom. The standard InChI is InChI=1S/C13H17NO4/c1-14(11(15)10-6-5-9-18-10)13(12(16)17)7-3-2-4-8-13/h5-6,9H,2-4,7-8H2,1H3,(H,16,17). The van der Waals surface area contributed by atoms with Crippen molar-refractivity contribution in [3.8, 4) is 0 Å². The van der Waals surface area contributed by atoms with Gasteiger partial charge in [0.25, 0.3) is 5.91 Å². The molecule has 5 nitrogen and oxygen atoms in total. The van der Waals surface area contributed by atoms with Gasteiger partial charge in [0.2, 0.25) is 0 Å². The van der Waals surface area contributed by atoms with Gasteiger partial charge in [-0.05, 0) is 25.0 Å². The highest BCUT2D eigenvalue weighted by Gasteiger charge is 2.46. The zero-order chi connectivity index (χ0) is 13.2. The predicted molar refractivity (Wildman–Crippen MR) is 64.3 cm³/mol. The molecule has 1 aromatic heterocycles. The molecule has 0 unspecified atom stereocenters. The number of carboxylic acid groups (broad SMARTS) is 1. The molecule has 0 aromatic carbocycles. The molecule has 0 saturated heterocycles. The number of rotatable bonds is 3. The van der Waals surface area contributed by atoms with Crippen molar-refractivity contribution >= 4 is 11.9 Å². The van der Waals surface area contributed by atoms with E-state index in [0.29, 0.717) is 12.8 Å². The Kier molecular flexibility index (Phi) is 3.41. The van der Waals surface area contributed by atoms with Gasteiger partial charge in [0.15, 0.2) is 5.76 Å². The van der Waals surface area contributed by atoms with Gasteiger partial charge in [0, 0.05) is 7.05 Å². The molecule has 18 heavy (non-hydrogen) atoms. The van der Waals surface area contributed by atoms with Crippen molar-refractivity contribution in [2.24, 2.45) is 0 Å². The second-order valence-corrected chi connectivity index (χ2v) is 4.74. The number of furan rings is 1. The third-order valence-electron chi connectivity index (χ3n) is 3.76. The van der Waals surface area contributed by atoms with Crippen LogP contribution in [0.15, 0.2) is 22.8 Å². The highest BCUT2D eigenvalue weighted by molar-refractivity contribution is 5.95. The summed E-state index contributed by atoms with van der Waals surface area (Å²) in [6.07, 6.45) is 5.12. The minimum absolute atomic E-state index is 0.184. The summed E-state index contributed by atoms with van der Waals surface area (Å²) in [6, 6.07) is 3.17. The molecule has 1 fully saturated rings. The van der Waals surface area contributed by atoms with E-state index < -0.39 is 11.5 Å². The lowest BCUT2D eigenvalue weighted by Crippen LogP contribution is -2.56. The van der Waals surface area contributed by atoms with Gasteiger partial charge in [-0.15, -0.1) is 0 Å². The molecule has 1 aromatic rings. The Morgan fingerprint density at radius 2 is 2.00 bits per heavy atom. The summed E-state index contributed by atoms with van der Waals surface area (Å²) in [5, 5.41) is 9.48. The SMILES string of the molecule is CN(C(=O)c1ccco1)C1(C(=O)O)CCCCC1. The Bertz CT molecular complexity index is 432. The molecule has 1 aliphatic carbocycles. The number of carboxylic acids is 1. The van der Waals surface area contributed by atoms with E-state index in [1.807, 2.05) is 0 Å². The Hall–Kier alpha value is -1.78. The molecule has 2 rings (SSSR count). The van der Waals surface area contributed by atoms with Crippen molar-refractivity contribution in [1.82, 2.24) is 4.90 Å².